The Morgan fingerprint density at radius 2 is 1.73 bits per heavy atom. The Labute approximate surface area is 128 Å². The highest BCUT2D eigenvalue weighted by atomic mass is 32.1. The number of aryl methyl sites for hydroxylation is 1. The van der Waals surface area contributed by atoms with Crippen LogP contribution in [0.25, 0.3) is 0 Å². The summed E-state index contributed by atoms with van der Waals surface area (Å²) in [6.07, 6.45) is -4.48. The van der Waals surface area contributed by atoms with Crippen molar-refractivity contribution in [3.05, 3.63) is 51.2 Å². The number of hydrogen-bond donors (Lipinski definition) is 1. The van der Waals surface area contributed by atoms with Crippen molar-refractivity contribution < 1.29 is 22.8 Å². The molecule has 0 aliphatic heterocycles. The predicted octanol–water partition coefficient (Wildman–Crippen LogP) is 4.53. The predicted molar refractivity (Wildman–Crippen MR) is 78.5 cm³/mol. The first-order valence-corrected chi connectivity index (χ1v) is 7.10. The van der Waals surface area contributed by atoms with Crippen LogP contribution in [0.5, 0.6) is 0 Å². The van der Waals surface area contributed by atoms with Gasteiger partial charge in [-0.1, -0.05) is 6.07 Å². The van der Waals surface area contributed by atoms with E-state index in [0.717, 1.165) is 17.4 Å². The molecule has 1 amide bonds. The van der Waals surface area contributed by atoms with Gasteiger partial charge >= 0.3 is 6.18 Å². The van der Waals surface area contributed by atoms with E-state index in [-0.39, 0.29) is 21.9 Å². The molecule has 0 fully saturated rings. The number of carbonyl (C=O) groups excluding carboxylic acids is 2. The van der Waals surface area contributed by atoms with Gasteiger partial charge in [0.2, 0.25) is 0 Å². The molecule has 1 N–H and O–H groups in total. The van der Waals surface area contributed by atoms with Crippen LogP contribution in [0.2, 0.25) is 0 Å². The summed E-state index contributed by atoms with van der Waals surface area (Å²) in [7, 11) is 0. The standard InChI is InChI=1S/C15H12F3NO2S/c1-8-3-4-10(7-11(8)15(16,17)18)19-14(21)13-6-5-12(22-13)9(2)20/h3-7H,1-2H3,(H,19,21). The lowest BCUT2D eigenvalue weighted by Crippen LogP contribution is -2.13. The Bertz CT molecular complexity index is 735. The first-order valence-electron chi connectivity index (χ1n) is 6.28. The molecule has 22 heavy (non-hydrogen) atoms. The van der Waals surface area contributed by atoms with Crippen LogP contribution >= 0.6 is 11.3 Å². The van der Waals surface area contributed by atoms with Crippen molar-refractivity contribution in [2.24, 2.45) is 0 Å². The summed E-state index contributed by atoms with van der Waals surface area (Å²) in [5.41, 5.74) is -0.651. The normalized spacial score (nSPS) is 11.3. The summed E-state index contributed by atoms with van der Waals surface area (Å²) in [4.78, 5) is 23.9. The van der Waals surface area contributed by atoms with Crippen molar-refractivity contribution in [3.63, 3.8) is 0 Å². The zero-order valence-corrected chi connectivity index (χ0v) is 12.6. The van der Waals surface area contributed by atoms with E-state index in [2.05, 4.69) is 5.32 Å². The lowest BCUT2D eigenvalue weighted by Gasteiger charge is -2.12. The van der Waals surface area contributed by atoms with Crippen LogP contribution in [0.3, 0.4) is 0 Å². The Morgan fingerprint density at radius 1 is 1.09 bits per heavy atom. The third-order valence-corrected chi connectivity index (χ3v) is 4.16. The fourth-order valence-corrected chi connectivity index (χ4v) is 2.64. The van der Waals surface area contributed by atoms with E-state index in [1.807, 2.05) is 0 Å². The van der Waals surface area contributed by atoms with Gasteiger partial charge in [-0.15, -0.1) is 11.3 Å². The second-order valence-electron chi connectivity index (χ2n) is 4.70. The molecule has 116 valence electrons. The molecular formula is C15H12F3NO2S. The fourth-order valence-electron chi connectivity index (χ4n) is 1.85. The second kappa shape index (κ2) is 5.92. The van der Waals surface area contributed by atoms with Crippen LogP contribution in [-0.4, -0.2) is 11.7 Å². The molecule has 2 aromatic rings. The monoisotopic (exact) mass is 327 g/mol. The van der Waals surface area contributed by atoms with E-state index in [9.17, 15) is 22.8 Å². The second-order valence-corrected chi connectivity index (χ2v) is 5.79. The summed E-state index contributed by atoms with van der Waals surface area (Å²) in [6.45, 7) is 2.73. The third-order valence-electron chi connectivity index (χ3n) is 2.98. The van der Waals surface area contributed by atoms with Gasteiger partial charge in [-0.3, -0.25) is 9.59 Å². The summed E-state index contributed by atoms with van der Waals surface area (Å²) in [5.74, 6) is -0.715. The topological polar surface area (TPSA) is 46.2 Å². The maximum Gasteiger partial charge on any atom is 0.416 e. The van der Waals surface area contributed by atoms with Crippen LogP contribution in [0.4, 0.5) is 18.9 Å². The minimum atomic E-state index is -4.48. The average molecular weight is 327 g/mol. The van der Waals surface area contributed by atoms with Crippen LogP contribution < -0.4 is 5.32 Å². The smallest absolute Gasteiger partial charge is 0.321 e. The van der Waals surface area contributed by atoms with Crippen molar-refractivity contribution in [1.29, 1.82) is 0 Å². The molecule has 0 atom stereocenters. The molecule has 0 saturated carbocycles. The number of Topliss-reactive ketones (excluding diaryl/α,β-unsaturated/α-hetero) is 1. The number of rotatable bonds is 3. The van der Waals surface area contributed by atoms with Crippen molar-refractivity contribution in [2.75, 3.05) is 5.32 Å². The van der Waals surface area contributed by atoms with Gasteiger partial charge in [0.05, 0.1) is 15.3 Å². The molecule has 0 aliphatic carbocycles. The van der Waals surface area contributed by atoms with E-state index in [0.29, 0.717) is 4.88 Å². The molecule has 0 spiro atoms. The molecular weight excluding hydrogens is 315 g/mol. The first-order chi connectivity index (χ1) is 10.2. The van der Waals surface area contributed by atoms with Crippen LogP contribution in [0.15, 0.2) is 30.3 Å². The lowest BCUT2D eigenvalue weighted by atomic mass is 10.1. The van der Waals surface area contributed by atoms with E-state index in [1.165, 1.54) is 38.1 Å². The Kier molecular flexibility index (Phi) is 4.37. The molecule has 0 radical (unpaired) electrons. The molecule has 3 nitrogen and oxygen atoms in total. The molecule has 0 aliphatic rings. The van der Waals surface area contributed by atoms with Crippen molar-refractivity contribution >= 4 is 28.7 Å². The molecule has 0 bridgehead atoms. The van der Waals surface area contributed by atoms with Gasteiger partial charge in [0.1, 0.15) is 0 Å². The number of ketones is 1. The molecule has 1 heterocycles. The number of amides is 1. The van der Waals surface area contributed by atoms with Gasteiger partial charge in [0, 0.05) is 5.69 Å². The Morgan fingerprint density at radius 3 is 2.27 bits per heavy atom. The van der Waals surface area contributed by atoms with Crippen molar-refractivity contribution in [1.82, 2.24) is 0 Å². The number of nitrogens with one attached hydrogen (secondary N) is 1. The van der Waals surface area contributed by atoms with E-state index in [1.54, 1.807) is 0 Å². The summed E-state index contributed by atoms with van der Waals surface area (Å²) < 4.78 is 38.5. The number of halogens is 3. The van der Waals surface area contributed by atoms with E-state index >= 15 is 0 Å². The molecule has 0 saturated heterocycles. The number of alkyl halides is 3. The number of carbonyl (C=O) groups is 2. The Balaban J connectivity index is 2.23. The Hall–Kier alpha value is -2.15. The summed E-state index contributed by atoms with van der Waals surface area (Å²) >= 11 is 0.997. The largest absolute Gasteiger partial charge is 0.416 e. The van der Waals surface area contributed by atoms with Gasteiger partial charge in [-0.05, 0) is 43.7 Å². The van der Waals surface area contributed by atoms with Gasteiger partial charge in [-0.25, -0.2) is 0 Å². The van der Waals surface area contributed by atoms with E-state index < -0.39 is 17.6 Å². The van der Waals surface area contributed by atoms with Crippen LogP contribution in [-0.2, 0) is 6.18 Å². The number of thiophene rings is 1. The number of hydrogen-bond acceptors (Lipinski definition) is 3. The van der Waals surface area contributed by atoms with Gasteiger partial charge in [0.15, 0.2) is 5.78 Å². The number of benzene rings is 1. The fraction of sp³-hybridized carbons (Fsp3) is 0.200. The number of anilines is 1. The highest BCUT2D eigenvalue weighted by molar-refractivity contribution is 7.16. The average Bonchev–Trinajstić information content (AvgIpc) is 2.89. The third kappa shape index (κ3) is 3.54. The van der Waals surface area contributed by atoms with Crippen LogP contribution in [0, 0.1) is 6.92 Å². The minimum absolute atomic E-state index is 0.0562. The zero-order valence-electron chi connectivity index (χ0n) is 11.7. The minimum Gasteiger partial charge on any atom is -0.321 e. The van der Waals surface area contributed by atoms with Crippen LogP contribution in [0.1, 0.15) is 37.4 Å². The van der Waals surface area contributed by atoms with Crippen molar-refractivity contribution in [3.8, 4) is 0 Å². The molecule has 1 aromatic heterocycles. The van der Waals surface area contributed by atoms with Gasteiger partial charge in [0.25, 0.3) is 5.91 Å². The highest BCUT2D eigenvalue weighted by Gasteiger charge is 2.32. The lowest BCUT2D eigenvalue weighted by molar-refractivity contribution is -0.138. The summed E-state index contributed by atoms with van der Waals surface area (Å²) in [5, 5.41) is 2.41. The SMILES string of the molecule is CC(=O)c1ccc(C(=O)Nc2ccc(C)c(C(F)(F)F)c2)s1. The van der Waals surface area contributed by atoms with Gasteiger partial charge in [-0.2, -0.15) is 13.2 Å². The quantitative estimate of drug-likeness (QED) is 0.842. The zero-order chi connectivity index (χ0) is 16.5. The van der Waals surface area contributed by atoms with Gasteiger partial charge < -0.3 is 5.32 Å². The first kappa shape index (κ1) is 16.2. The molecule has 2 rings (SSSR count). The maximum absolute atomic E-state index is 12.8. The molecule has 7 heteroatoms. The summed E-state index contributed by atoms with van der Waals surface area (Å²) in [6, 6.07) is 6.58. The molecule has 1 aromatic carbocycles. The maximum atomic E-state index is 12.8. The van der Waals surface area contributed by atoms with E-state index in [4.69, 9.17) is 0 Å². The van der Waals surface area contributed by atoms with Crippen molar-refractivity contribution in [2.45, 2.75) is 20.0 Å². The molecule has 0 unspecified atom stereocenters. The highest BCUT2D eigenvalue weighted by Crippen LogP contribution is 2.33.